The molecule has 0 saturated carbocycles. The number of hydrogen-bond donors (Lipinski definition) is 1. The average molecular weight is 335 g/mol. The maximum Gasteiger partial charge on any atom is 0.271 e. The zero-order valence-corrected chi connectivity index (χ0v) is 14.2. The second kappa shape index (κ2) is 5.88. The average Bonchev–Trinajstić information content (AvgIpc) is 2.83. The number of hydrogen-bond acceptors (Lipinski definition) is 4. The molecule has 2 aromatic rings. The van der Waals surface area contributed by atoms with Gasteiger partial charge in [0.25, 0.3) is 5.56 Å². The summed E-state index contributed by atoms with van der Waals surface area (Å²) in [6, 6.07) is 4.77. The zero-order chi connectivity index (χ0) is 16.7. The minimum absolute atomic E-state index is 0.0625. The minimum Gasteiger partial charge on any atom is -0.497 e. The number of ether oxygens (including phenoxy) is 1. The summed E-state index contributed by atoms with van der Waals surface area (Å²) in [6.07, 6.45) is 0. The van der Waals surface area contributed by atoms with E-state index in [1.807, 2.05) is 20.8 Å². The van der Waals surface area contributed by atoms with Crippen LogP contribution in [0, 0.1) is 5.82 Å². The zero-order valence-electron chi connectivity index (χ0n) is 13.4. The lowest BCUT2D eigenvalue weighted by Gasteiger charge is -2.22. The van der Waals surface area contributed by atoms with E-state index in [-0.39, 0.29) is 17.4 Å². The molecule has 0 saturated heterocycles. The fraction of sp³-hybridized carbons (Fsp3) is 0.375. The first-order chi connectivity index (χ1) is 10.9. The van der Waals surface area contributed by atoms with Gasteiger partial charge in [0.05, 0.1) is 23.0 Å². The highest BCUT2D eigenvalue weighted by Gasteiger charge is 2.32. The van der Waals surface area contributed by atoms with Gasteiger partial charge in [-0.15, -0.1) is 0 Å². The van der Waals surface area contributed by atoms with Crippen LogP contribution in [0.2, 0.25) is 0 Å². The fourth-order valence-electron chi connectivity index (χ4n) is 2.65. The summed E-state index contributed by atoms with van der Waals surface area (Å²) in [5, 5.41) is 3.19. The predicted octanol–water partition coefficient (Wildman–Crippen LogP) is 3.79. The van der Waals surface area contributed by atoms with E-state index in [0.717, 1.165) is 5.04 Å². The van der Waals surface area contributed by atoms with Crippen molar-refractivity contribution >= 4 is 22.6 Å². The van der Waals surface area contributed by atoms with E-state index in [2.05, 4.69) is 10.1 Å². The lowest BCUT2D eigenvalue weighted by atomic mass is 10.1. The minimum atomic E-state index is -0.419. The van der Waals surface area contributed by atoms with Crippen LogP contribution in [0.15, 0.2) is 28.0 Å². The van der Waals surface area contributed by atoms with Crippen LogP contribution >= 0.6 is 11.8 Å². The Morgan fingerprint density at radius 3 is 2.78 bits per heavy atom. The number of aromatic nitrogens is 2. The van der Waals surface area contributed by atoms with Gasteiger partial charge in [-0.2, -0.15) is 0 Å². The molecule has 1 aromatic heterocycles. The van der Waals surface area contributed by atoms with Crippen LogP contribution in [-0.4, -0.2) is 21.9 Å². The van der Waals surface area contributed by atoms with Crippen LogP contribution in [-0.2, 0) is 0 Å². The van der Waals surface area contributed by atoms with Gasteiger partial charge in [-0.05, 0) is 26.8 Å². The molecule has 0 unspecified atom stereocenters. The molecule has 1 aromatic carbocycles. The number of aromatic amines is 1. The molecule has 0 fully saturated rings. The lowest BCUT2D eigenvalue weighted by Crippen LogP contribution is -2.14. The number of methoxy groups -OCH3 is 1. The van der Waals surface area contributed by atoms with Gasteiger partial charge in [-0.25, -0.2) is 9.38 Å². The van der Waals surface area contributed by atoms with Gasteiger partial charge < -0.3 is 4.74 Å². The van der Waals surface area contributed by atoms with E-state index in [1.54, 1.807) is 16.8 Å². The Hall–Kier alpha value is -2.02. The summed E-state index contributed by atoms with van der Waals surface area (Å²) in [6.45, 7) is 5.79. The predicted molar refractivity (Wildman–Crippen MR) is 90.6 cm³/mol. The Bertz CT molecular complexity index is 838. The summed E-state index contributed by atoms with van der Waals surface area (Å²) in [4.78, 5) is 16.9. The van der Waals surface area contributed by atoms with Crippen LogP contribution in [0.4, 0.5) is 10.2 Å². The van der Waals surface area contributed by atoms with Crippen molar-refractivity contribution in [3.63, 3.8) is 0 Å². The van der Waals surface area contributed by atoms with Gasteiger partial charge >= 0.3 is 0 Å². The number of H-pyrrole nitrogens is 1. The van der Waals surface area contributed by atoms with Crippen molar-refractivity contribution in [3.05, 3.63) is 45.5 Å². The molecule has 122 valence electrons. The van der Waals surface area contributed by atoms with Gasteiger partial charge in [0.2, 0.25) is 0 Å². The molecule has 1 aliphatic heterocycles. The van der Waals surface area contributed by atoms with E-state index in [0.29, 0.717) is 22.7 Å². The second-order valence-corrected chi connectivity index (χ2v) is 6.96. The summed E-state index contributed by atoms with van der Waals surface area (Å²) < 4.78 is 21.3. The van der Waals surface area contributed by atoms with E-state index < -0.39 is 5.25 Å². The number of thioether (sulfide) groups is 1. The maximum absolute atomic E-state index is 14.5. The monoisotopic (exact) mass is 335 g/mol. The molecule has 3 rings (SSSR count). The van der Waals surface area contributed by atoms with Crippen molar-refractivity contribution in [3.8, 4) is 5.75 Å². The van der Waals surface area contributed by atoms with Crippen LogP contribution in [0.1, 0.15) is 43.2 Å². The lowest BCUT2D eigenvalue weighted by molar-refractivity contribution is 0.411. The summed E-state index contributed by atoms with van der Waals surface area (Å²) in [7, 11) is 1.49. The first kappa shape index (κ1) is 15.9. The molecular weight excluding hydrogens is 317 g/mol. The molecule has 1 aliphatic rings. The van der Waals surface area contributed by atoms with Crippen molar-refractivity contribution in [1.29, 1.82) is 0 Å². The van der Waals surface area contributed by atoms with Crippen molar-refractivity contribution < 1.29 is 9.13 Å². The van der Waals surface area contributed by atoms with Crippen LogP contribution in [0.25, 0.3) is 0 Å². The van der Waals surface area contributed by atoms with Crippen LogP contribution in [0.3, 0.4) is 0 Å². The van der Waals surface area contributed by atoms with E-state index in [1.165, 1.54) is 24.9 Å². The molecule has 0 aliphatic carbocycles. The summed E-state index contributed by atoms with van der Waals surface area (Å²) >= 11 is 1.38. The van der Waals surface area contributed by atoms with E-state index >= 15 is 0 Å². The van der Waals surface area contributed by atoms with E-state index in [9.17, 15) is 9.18 Å². The van der Waals surface area contributed by atoms with Gasteiger partial charge in [-0.3, -0.25) is 14.6 Å². The SMILES string of the molecule is COc1ccc([C@H]2SC(C)=Nc3c2c(=O)[nH]n3C(C)C)c(F)c1. The quantitative estimate of drug-likeness (QED) is 0.928. The first-order valence-electron chi connectivity index (χ1n) is 7.32. The van der Waals surface area contributed by atoms with Crippen molar-refractivity contribution in [2.24, 2.45) is 4.99 Å². The largest absolute Gasteiger partial charge is 0.497 e. The fourth-order valence-corrected chi connectivity index (χ4v) is 3.78. The highest BCUT2D eigenvalue weighted by molar-refractivity contribution is 8.14. The van der Waals surface area contributed by atoms with Gasteiger partial charge in [0.1, 0.15) is 11.6 Å². The third-order valence-electron chi connectivity index (χ3n) is 3.76. The molecule has 0 radical (unpaired) electrons. The Morgan fingerprint density at radius 1 is 1.43 bits per heavy atom. The number of halogens is 1. The molecule has 0 bridgehead atoms. The second-order valence-electron chi connectivity index (χ2n) is 5.66. The molecule has 7 heteroatoms. The number of fused-ring (bicyclic) bond motifs is 1. The molecule has 1 atom stereocenters. The van der Waals surface area contributed by atoms with Crippen molar-refractivity contribution in [2.75, 3.05) is 7.11 Å². The highest BCUT2D eigenvalue weighted by atomic mass is 32.2. The summed E-state index contributed by atoms with van der Waals surface area (Å²) in [5.74, 6) is 0.645. The Balaban J connectivity index is 2.18. The highest BCUT2D eigenvalue weighted by Crippen LogP contribution is 2.45. The standard InChI is InChI=1S/C16H18FN3O2S/c1-8(2)20-15-13(16(21)19-20)14(23-9(3)18-15)11-6-5-10(22-4)7-12(11)17/h5-8,14H,1-4H3,(H,19,21)/t14-/m1/s1. The molecule has 0 spiro atoms. The summed E-state index contributed by atoms with van der Waals surface area (Å²) in [5.41, 5.74) is 0.731. The van der Waals surface area contributed by atoms with Gasteiger partial charge in [0.15, 0.2) is 5.82 Å². The molecule has 1 N–H and O–H groups in total. The van der Waals surface area contributed by atoms with E-state index in [4.69, 9.17) is 4.74 Å². The Morgan fingerprint density at radius 2 is 2.17 bits per heavy atom. The van der Waals surface area contributed by atoms with Crippen molar-refractivity contribution in [2.45, 2.75) is 32.1 Å². The molecular formula is C16H18FN3O2S. The maximum atomic E-state index is 14.5. The number of nitrogens with zero attached hydrogens (tertiary/aromatic N) is 2. The molecule has 5 nitrogen and oxygen atoms in total. The van der Waals surface area contributed by atoms with Crippen LogP contribution < -0.4 is 10.3 Å². The van der Waals surface area contributed by atoms with Crippen LogP contribution in [0.5, 0.6) is 5.75 Å². The normalized spacial score (nSPS) is 17.1. The third-order valence-corrected chi connectivity index (χ3v) is 4.91. The molecule has 0 amide bonds. The van der Waals surface area contributed by atoms with Gasteiger partial charge in [0, 0.05) is 17.7 Å². The number of nitrogens with one attached hydrogen (secondary N) is 1. The van der Waals surface area contributed by atoms with Gasteiger partial charge in [-0.1, -0.05) is 17.8 Å². The topological polar surface area (TPSA) is 59.4 Å². The number of rotatable bonds is 3. The number of benzene rings is 1. The number of aliphatic imine (C=N–C) groups is 1. The molecule has 2 heterocycles. The first-order valence-corrected chi connectivity index (χ1v) is 8.20. The molecule has 23 heavy (non-hydrogen) atoms. The smallest absolute Gasteiger partial charge is 0.271 e. The Kier molecular flexibility index (Phi) is 4.06. The third kappa shape index (κ3) is 2.69. The van der Waals surface area contributed by atoms with Crippen molar-refractivity contribution in [1.82, 2.24) is 9.78 Å². The Labute approximate surface area is 137 Å².